The minimum absolute atomic E-state index is 0.0163. The number of fused-ring (bicyclic) bond motifs is 1. The Balaban J connectivity index is 1.70. The van der Waals surface area contributed by atoms with Gasteiger partial charge in [0.15, 0.2) is 0 Å². The Kier molecular flexibility index (Phi) is 4.37. The fourth-order valence-electron chi connectivity index (χ4n) is 4.09. The highest BCUT2D eigenvalue weighted by molar-refractivity contribution is 6.07. The van der Waals surface area contributed by atoms with Crippen molar-refractivity contribution in [3.05, 3.63) is 35.6 Å². The van der Waals surface area contributed by atoms with Gasteiger partial charge in [-0.1, -0.05) is 37.5 Å². The van der Waals surface area contributed by atoms with Crippen LogP contribution in [0.2, 0.25) is 0 Å². The fourth-order valence-corrected chi connectivity index (χ4v) is 4.09. The summed E-state index contributed by atoms with van der Waals surface area (Å²) >= 11 is 0. The third-order valence-corrected chi connectivity index (χ3v) is 5.43. The van der Waals surface area contributed by atoms with E-state index in [-0.39, 0.29) is 24.8 Å². The lowest BCUT2D eigenvalue weighted by Crippen LogP contribution is -2.48. The molecular formula is C20H22N2O5. The number of carbonyl (C=O) groups excluding carboxylic acids is 3. The van der Waals surface area contributed by atoms with E-state index in [0.717, 1.165) is 19.3 Å². The van der Waals surface area contributed by atoms with Crippen LogP contribution in [-0.2, 0) is 16.1 Å². The summed E-state index contributed by atoms with van der Waals surface area (Å²) in [5, 5.41) is 3.59. The molecule has 2 aromatic rings. The van der Waals surface area contributed by atoms with Crippen molar-refractivity contribution in [2.45, 2.75) is 51.1 Å². The van der Waals surface area contributed by atoms with Gasteiger partial charge in [-0.2, -0.15) is 0 Å². The topological polar surface area (TPSA) is 88.8 Å². The molecule has 1 N–H and O–H groups in total. The van der Waals surface area contributed by atoms with Gasteiger partial charge in [-0.15, -0.1) is 0 Å². The molecule has 1 aromatic heterocycles. The summed E-state index contributed by atoms with van der Waals surface area (Å²) in [5.41, 5.74) is 0.231. The van der Waals surface area contributed by atoms with Crippen LogP contribution in [0.5, 0.6) is 0 Å². The molecular weight excluding hydrogens is 348 g/mol. The normalized spacial score (nSPS) is 18.9. The SMILES string of the molecule is CCOC(=O)c1oc2ccccc2c1CN1C(=O)NC2(CCCCC2)C1=O. The van der Waals surface area contributed by atoms with Gasteiger partial charge in [-0.25, -0.2) is 9.59 Å². The molecule has 7 heteroatoms. The number of benzene rings is 1. The number of nitrogens with zero attached hydrogens (tertiary/aromatic N) is 1. The van der Waals surface area contributed by atoms with Gasteiger partial charge in [0.25, 0.3) is 5.91 Å². The Hall–Kier alpha value is -2.83. The van der Waals surface area contributed by atoms with Crippen LogP contribution in [0.1, 0.15) is 55.1 Å². The molecule has 4 rings (SSSR count). The smallest absolute Gasteiger partial charge is 0.374 e. The lowest BCUT2D eigenvalue weighted by Gasteiger charge is -2.30. The van der Waals surface area contributed by atoms with Crippen LogP contribution in [0.15, 0.2) is 28.7 Å². The van der Waals surface area contributed by atoms with Gasteiger partial charge in [-0.3, -0.25) is 9.69 Å². The Morgan fingerprint density at radius 3 is 2.70 bits per heavy atom. The van der Waals surface area contributed by atoms with Crippen LogP contribution < -0.4 is 5.32 Å². The number of carbonyl (C=O) groups is 3. The highest BCUT2D eigenvalue weighted by atomic mass is 16.5. The highest BCUT2D eigenvalue weighted by Crippen LogP contribution is 2.36. The molecule has 1 aliphatic heterocycles. The molecule has 3 amide bonds. The number of amides is 3. The largest absolute Gasteiger partial charge is 0.460 e. The maximum atomic E-state index is 13.1. The number of furan rings is 1. The van der Waals surface area contributed by atoms with Crippen LogP contribution in [0, 0.1) is 0 Å². The van der Waals surface area contributed by atoms with Gasteiger partial charge in [0.1, 0.15) is 11.1 Å². The molecule has 0 atom stereocenters. The lowest BCUT2D eigenvalue weighted by molar-refractivity contribution is -0.132. The molecule has 1 saturated carbocycles. The monoisotopic (exact) mass is 370 g/mol. The number of nitrogens with one attached hydrogen (secondary N) is 1. The van der Waals surface area contributed by atoms with E-state index in [2.05, 4.69) is 5.32 Å². The summed E-state index contributed by atoms with van der Waals surface area (Å²) in [4.78, 5) is 39.2. The zero-order valence-corrected chi connectivity index (χ0v) is 15.2. The number of ether oxygens (including phenoxy) is 1. The van der Waals surface area contributed by atoms with E-state index in [1.165, 1.54) is 4.90 Å². The molecule has 0 bridgehead atoms. The predicted octanol–water partition coefficient (Wildman–Crippen LogP) is 3.36. The second-order valence-electron chi connectivity index (χ2n) is 7.09. The molecule has 1 aliphatic carbocycles. The molecule has 2 aliphatic rings. The summed E-state index contributed by atoms with van der Waals surface area (Å²) in [6, 6.07) is 6.77. The van der Waals surface area contributed by atoms with Gasteiger partial charge in [0, 0.05) is 10.9 Å². The van der Waals surface area contributed by atoms with Crippen molar-refractivity contribution in [3.63, 3.8) is 0 Å². The maximum Gasteiger partial charge on any atom is 0.374 e. The number of imide groups is 1. The van der Waals surface area contributed by atoms with E-state index in [0.29, 0.717) is 29.4 Å². The Bertz CT molecular complexity index is 910. The molecule has 7 nitrogen and oxygen atoms in total. The summed E-state index contributed by atoms with van der Waals surface area (Å²) in [6.45, 7) is 1.91. The van der Waals surface area contributed by atoms with Crippen molar-refractivity contribution in [2.75, 3.05) is 6.61 Å². The van der Waals surface area contributed by atoms with Gasteiger partial charge in [0.2, 0.25) is 5.76 Å². The Morgan fingerprint density at radius 2 is 1.96 bits per heavy atom. The Morgan fingerprint density at radius 1 is 1.22 bits per heavy atom. The summed E-state index contributed by atoms with van der Waals surface area (Å²) in [6.07, 6.45) is 4.23. The van der Waals surface area contributed by atoms with Gasteiger partial charge in [-0.05, 0) is 25.8 Å². The third-order valence-electron chi connectivity index (χ3n) is 5.43. The van der Waals surface area contributed by atoms with E-state index < -0.39 is 17.5 Å². The van der Waals surface area contributed by atoms with Crippen molar-refractivity contribution in [1.82, 2.24) is 10.2 Å². The molecule has 1 aromatic carbocycles. The number of esters is 1. The summed E-state index contributed by atoms with van der Waals surface area (Å²) in [7, 11) is 0. The fraction of sp³-hybridized carbons (Fsp3) is 0.450. The average Bonchev–Trinajstić information content (AvgIpc) is 3.14. The zero-order chi connectivity index (χ0) is 19.0. The minimum Gasteiger partial charge on any atom is -0.460 e. The number of urea groups is 1. The second kappa shape index (κ2) is 6.72. The van der Waals surface area contributed by atoms with E-state index in [1.54, 1.807) is 19.1 Å². The third kappa shape index (κ3) is 2.87. The van der Waals surface area contributed by atoms with Gasteiger partial charge < -0.3 is 14.5 Å². The van der Waals surface area contributed by atoms with Crippen molar-refractivity contribution >= 4 is 28.9 Å². The molecule has 1 spiro atoms. The van der Waals surface area contributed by atoms with Crippen LogP contribution in [0.4, 0.5) is 4.79 Å². The minimum atomic E-state index is -0.793. The first-order valence-electron chi connectivity index (χ1n) is 9.37. The molecule has 27 heavy (non-hydrogen) atoms. The molecule has 0 unspecified atom stereocenters. The average molecular weight is 370 g/mol. The number of rotatable bonds is 4. The maximum absolute atomic E-state index is 13.1. The zero-order valence-electron chi connectivity index (χ0n) is 15.2. The molecule has 142 valence electrons. The molecule has 2 heterocycles. The van der Waals surface area contributed by atoms with Crippen LogP contribution in [-0.4, -0.2) is 35.0 Å². The predicted molar refractivity (Wildman–Crippen MR) is 97.1 cm³/mol. The van der Waals surface area contributed by atoms with Crippen molar-refractivity contribution in [2.24, 2.45) is 0 Å². The van der Waals surface area contributed by atoms with Gasteiger partial charge in [0.05, 0.1) is 13.2 Å². The van der Waals surface area contributed by atoms with Crippen molar-refractivity contribution in [1.29, 1.82) is 0 Å². The van der Waals surface area contributed by atoms with Crippen LogP contribution >= 0.6 is 0 Å². The van der Waals surface area contributed by atoms with Crippen molar-refractivity contribution < 1.29 is 23.5 Å². The second-order valence-corrected chi connectivity index (χ2v) is 7.09. The van der Waals surface area contributed by atoms with Crippen LogP contribution in [0.3, 0.4) is 0 Å². The van der Waals surface area contributed by atoms with Crippen LogP contribution in [0.25, 0.3) is 11.0 Å². The first-order valence-corrected chi connectivity index (χ1v) is 9.37. The first-order chi connectivity index (χ1) is 13.1. The van der Waals surface area contributed by atoms with E-state index in [4.69, 9.17) is 9.15 Å². The first kappa shape index (κ1) is 17.6. The number of hydrogen-bond acceptors (Lipinski definition) is 5. The van der Waals surface area contributed by atoms with E-state index in [9.17, 15) is 14.4 Å². The Labute approximate surface area is 156 Å². The summed E-state index contributed by atoms with van der Waals surface area (Å²) in [5.74, 6) is -0.765. The molecule has 0 radical (unpaired) electrons. The highest BCUT2D eigenvalue weighted by Gasteiger charge is 2.51. The quantitative estimate of drug-likeness (QED) is 0.658. The van der Waals surface area contributed by atoms with Crippen molar-refractivity contribution in [3.8, 4) is 0 Å². The molecule has 1 saturated heterocycles. The lowest BCUT2D eigenvalue weighted by atomic mass is 9.82. The number of para-hydroxylation sites is 1. The standard InChI is InChI=1S/C20H22N2O5/c1-2-26-17(23)16-14(13-8-4-5-9-15(13)27-16)12-22-18(24)20(21-19(22)25)10-6-3-7-11-20/h4-5,8-9H,2-3,6-7,10-12H2,1H3,(H,21,25). The number of hydrogen-bond donors (Lipinski definition) is 1. The van der Waals surface area contributed by atoms with E-state index >= 15 is 0 Å². The van der Waals surface area contributed by atoms with E-state index in [1.807, 2.05) is 12.1 Å². The summed E-state index contributed by atoms with van der Waals surface area (Å²) < 4.78 is 10.8. The van der Waals surface area contributed by atoms with Gasteiger partial charge >= 0.3 is 12.0 Å². The molecule has 2 fully saturated rings.